The number of hydrogen-bond acceptors (Lipinski definition) is 6. The van der Waals surface area contributed by atoms with Crippen molar-refractivity contribution in [2.24, 2.45) is 5.73 Å². The number of carbonyl (C=O) groups is 4. The average Bonchev–Trinajstić information content (AvgIpc) is 3.04. The second-order valence-corrected chi connectivity index (χ2v) is 6.41. The van der Waals surface area contributed by atoms with Crippen LogP contribution in [-0.4, -0.2) is 83.4 Å². The van der Waals surface area contributed by atoms with Gasteiger partial charge in [-0.15, -0.1) is 0 Å². The second kappa shape index (κ2) is 7.55. The van der Waals surface area contributed by atoms with Crippen molar-refractivity contribution in [2.75, 3.05) is 37.6 Å². The number of amidine groups is 1. The second-order valence-electron chi connectivity index (χ2n) is 6.41. The lowest BCUT2D eigenvalue weighted by molar-refractivity contribution is -0.152. The van der Waals surface area contributed by atoms with Crippen LogP contribution in [-0.2, 0) is 19.1 Å². The fourth-order valence-corrected chi connectivity index (χ4v) is 3.05. The predicted molar refractivity (Wildman–Crippen MR) is 95.9 cm³/mol. The third-order valence-corrected chi connectivity index (χ3v) is 4.53. The van der Waals surface area contributed by atoms with Crippen molar-refractivity contribution >= 4 is 35.4 Å². The minimum absolute atomic E-state index is 0.0133. The summed E-state index contributed by atoms with van der Waals surface area (Å²) in [7, 11) is 0. The first kappa shape index (κ1) is 19.1. The van der Waals surface area contributed by atoms with Gasteiger partial charge in [-0.05, 0) is 24.3 Å². The number of hydrogen-bond donors (Lipinski definition) is 3. The Kier molecular flexibility index (Phi) is 5.16. The third-order valence-electron chi connectivity index (χ3n) is 4.53. The molecule has 4 N–H and O–H groups in total. The molecule has 2 fully saturated rings. The van der Waals surface area contributed by atoms with Gasteiger partial charge in [-0.1, -0.05) is 0 Å². The third kappa shape index (κ3) is 3.87. The van der Waals surface area contributed by atoms with E-state index in [0.29, 0.717) is 11.3 Å². The Labute approximate surface area is 159 Å². The van der Waals surface area contributed by atoms with Crippen molar-refractivity contribution in [3.63, 3.8) is 0 Å². The number of nitrogens with one attached hydrogen (secondary N) is 1. The first-order chi connectivity index (χ1) is 13.3. The highest BCUT2D eigenvalue weighted by Crippen LogP contribution is 2.23. The lowest BCUT2D eigenvalue weighted by atomic mass is 10.1. The molecule has 0 bridgehead atoms. The van der Waals surface area contributed by atoms with E-state index < -0.39 is 36.5 Å². The van der Waals surface area contributed by atoms with Gasteiger partial charge in [0.2, 0.25) is 5.91 Å². The number of amides is 3. The van der Waals surface area contributed by atoms with Gasteiger partial charge < -0.3 is 25.4 Å². The molecule has 0 aliphatic carbocycles. The van der Waals surface area contributed by atoms with E-state index in [9.17, 15) is 19.2 Å². The molecule has 0 radical (unpaired) electrons. The fourth-order valence-electron chi connectivity index (χ4n) is 3.05. The largest absolute Gasteiger partial charge is 0.480 e. The van der Waals surface area contributed by atoms with Gasteiger partial charge in [0, 0.05) is 24.3 Å². The van der Waals surface area contributed by atoms with E-state index in [4.69, 9.17) is 21.0 Å². The zero-order chi connectivity index (χ0) is 20.4. The minimum atomic E-state index is -1.12. The molecule has 2 saturated heterocycles. The highest BCUT2D eigenvalue weighted by Gasteiger charge is 2.40. The van der Waals surface area contributed by atoms with Crippen molar-refractivity contribution in [1.29, 1.82) is 5.41 Å². The van der Waals surface area contributed by atoms with Gasteiger partial charge in [-0.25, -0.2) is 4.79 Å². The molecule has 3 amide bonds. The molecule has 1 unspecified atom stereocenters. The Hall–Kier alpha value is -3.63. The van der Waals surface area contributed by atoms with E-state index in [1.807, 2.05) is 0 Å². The maximum absolute atomic E-state index is 12.6. The molecule has 1 aromatic rings. The molecule has 11 nitrogen and oxygen atoms in total. The molecule has 148 valence electrons. The molecule has 2 heterocycles. The summed E-state index contributed by atoms with van der Waals surface area (Å²) < 4.78 is 5.16. The van der Waals surface area contributed by atoms with Crippen LogP contribution in [0.1, 0.15) is 5.56 Å². The van der Waals surface area contributed by atoms with Gasteiger partial charge in [0.25, 0.3) is 5.91 Å². The summed E-state index contributed by atoms with van der Waals surface area (Å²) in [6.45, 7) is -0.412. The molecular weight excluding hydrogens is 370 g/mol. The number of carbonyl (C=O) groups excluding carboxylic acids is 3. The van der Waals surface area contributed by atoms with Crippen molar-refractivity contribution in [3.05, 3.63) is 29.8 Å². The quantitative estimate of drug-likeness (QED) is 0.433. The van der Waals surface area contributed by atoms with Gasteiger partial charge in [0.1, 0.15) is 12.4 Å². The zero-order valence-electron chi connectivity index (χ0n) is 14.8. The molecule has 1 atom stereocenters. The molecule has 11 heteroatoms. The Morgan fingerprint density at radius 3 is 2.46 bits per heavy atom. The van der Waals surface area contributed by atoms with Crippen LogP contribution in [0.15, 0.2) is 24.3 Å². The van der Waals surface area contributed by atoms with Crippen LogP contribution >= 0.6 is 0 Å². The number of rotatable bonds is 5. The highest BCUT2D eigenvalue weighted by atomic mass is 16.6. The summed E-state index contributed by atoms with van der Waals surface area (Å²) >= 11 is 0. The number of nitrogens with two attached hydrogens (primary N) is 1. The summed E-state index contributed by atoms with van der Waals surface area (Å²) in [6.07, 6.45) is -1.75. The number of cyclic esters (lactones) is 1. The molecule has 0 saturated carbocycles. The van der Waals surface area contributed by atoms with Crippen LogP contribution in [0, 0.1) is 5.41 Å². The van der Waals surface area contributed by atoms with E-state index in [-0.39, 0.29) is 32.0 Å². The minimum Gasteiger partial charge on any atom is -0.480 e. The number of anilines is 1. The molecule has 28 heavy (non-hydrogen) atoms. The van der Waals surface area contributed by atoms with E-state index in [0.717, 1.165) is 4.90 Å². The molecule has 2 aliphatic heterocycles. The lowest BCUT2D eigenvalue weighted by Crippen LogP contribution is -2.55. The number of carboxylic acids is 1. The molecular formula is C17H19N5O6. The maximum Gasteiger partial charge on any atom is 0.415 e. The number of carboxylic acid groups (broad SMARTS) is 1. The number of nitrogens with zero attached hydrogens (tertiary/aromatic N) is 3. The normalized spacial score (nSPS) is 19.6. The van der Waals surface area contributed by atoms with Crippen LogP contribution in [0.5, 0.6) is 0 Å². The SMILES string of the molecule is N=C(N)c1ccc(N2CC(C(=O)N3CCN(CC(=O)O)C(=O)C3)OC2=O)cc1. The van der Waals surface area contributed by atoms with Crippen molar-refractivity contribution in [3.8, 4) is 0 Å². The van der Waals surface area contributed by atoms with E-state index in [1.54, 1.807) is 24.3 Å². The van der Waals surface area contributed by atoms with Crippen LogP contribution < -0.4 is 10.6 Å². The summed E-state index contributed by atoms with van der Waals surface area (Å²) in [5.74, 6) is -2.19. The van der Waals surface area contributed by atoms with E-state index >= 15 is 0 Å². The van der Waals surface area contributed by atoms with Crippen LogP contribution in [0.3, 0.4) is 0 Å². The Balaban J connectivity index is 1.63. The van der Waals surface area contributed by atoms with Crippen molar-refractivity contribution in [1.82, 2.24) is 9.80 Å². The fraction of sp³-hybridized carbons (Fsp3) is 0.353. The smallest absolute Gasteiger partial charge is 0.415 e. The molecule has 2 aliphatic rings. The Bertz CT molecular complexity index is 839. The van der Waals surface area contributed by atoms with Gasteiger partial charge >= 0.3 is 12.1 Å². The highest BCUT2D eigenvalue weighted by molar-refractivity contribution is 5.98. The van der Waals surface area contributed by atoms with Crippen LogP contribution in [0.4, 0.5) is 10.5 Å². The van der Waals surface area contributed by atoms with E-state index in [1.165, 1.54) is 9.80 Å². The predicted octanol–water partition coefficient (Wildman–Crippen LogP) is -0.949. The maximum atomic E-state index is 12.6. The average molecular weight is 389 g/mol. The molecule has 0 aromatic heterocycles. The molecule has 0 spiro atoms. The first-order valence-corrected chi connectivity index (χ1v) is 8.47. The topological polar surface area (TPSA) is 157 Å². The summed E-state index contributed by atoms with van der Waals surface area (Å²) in [6, 6.07) is 6.36. The number of aliphatic carboxylic acids is 1. The van der Waals surface area contributed by atoms with Crippen LogP contribution in [0.25, 0.3) is 0 Å². The number of nitrogen functional groups attached to an aromatic ring is 1. The van der Waals surface area contributed by atoms with Crippen LogP contribution in [0.2, 0.25) is 0 Å². The molecule has 1 aromatic carbocycles. The first-order valence-electron chi connectivity index (χ1n) is 8.47. The van der Waals surface area contributed by atoms with E-state index in [2.05, 4.69) is 0 Å². The van der Waals surface area contributed by atoms with Crippen molar-refractivity contribution in [2.45, 2.75) is 6.10 Å². The number of piperazine rings is 1. The summed E-state index contributed by atoms with van der Waals surface area (Å²) in [4.78, 5) is 51.3. The summed E-state index contributed by atoms with van der Waals surface area (Å²) in [5.41, 5.74) is 6.40. The lowest BCUT2D eigenvalue weighted by Gasteiger charge is -2.34. The Morgan fingerprint density at radius 1 is 1.21 bits per heavy atom. The number of ether oxygens (including phenoxy) is 1. The van der Waals surface area contributed by atoms with Gasteiger partial charge in [-0.2, -0.15) is 0 Å². The van der Waals surface area contributed by atoms with Gasteiger partial charge in [0.15, 0.2) is 6.10 Å². The monoisotopic (exact) mass is 389 g/mol. The Morgan fingerprint density at radius 2 is 1.89 bits per heavy atom. The van der Waals surface area contributed by atoms with Gasteiger partial charge in [-0.3, -0.25) is 24.7 Å². The number of benzene rings is 1. The zero-order valence-corrected chi connectivity index (χ0v) is 14.8. The van der Waals surface area contributed by atoms with Gasteiger partial charge in [0.05, 0.1) is 13.1 Å². The van der Waals surface area contributed by atoms with Crippen molar-refractivity contribution < 1.29 is 29.0 Å². The summed E-state index contributed by atoms with van der Waals surface area (Å²) in [5, 5.41) is 16.2. The standard InChI is InChI=1S/C17H19N5O6/c18-15(19)10-1-3-11(4-2-10)22-7-12(28-17(22)27)16(26)21-6-5-20(9-14(24)25)13(23)8-21/h1-4,12H,5-9H2,(H3,18,19)(H,24,25). The molecule has 3 rings (SSSR count).